The number of aromatic nitrogens is 1. The van der Waals surface area contributed by atoms with E-state index in [0.717, 1.165) is 19.4 Å². The van der Waals surface area contributed by atoms with Crippen molar-refractivity contribution in [2.45, 2.75) is 19.9 Å². The van der Waals surface area contributed by atoms with Gasteiger partial charge in [0.1, 0.15) is 11.8 Å². The lowest BCUT2D eigenvalue weighted by Gasteiger charge is -2.23. The molecule has 0 fully saturated rings. The lowest BCUT2D eigenvalue weighted by molar-refractivity contribution is -0.139. The number of nitrogens with zero attached hydrogens (tertiary/aromatic N) is 2. The zero-order valence-corrected chi connectivity index (χ0v) is 22.2. The number of esters is 1. The van der Waals surface area contributed by atoms with Gasteiger partial charge in [0.25, 0.3) is 5.56 Å². The van der Waals surface area contributed by atoms with Crippen molar-refractivity contribution < 1.29 is 14.3 Å². The highest BCUT2D eigenvalue weighted by atomic mass is 79.9. The SMILES string of the molecule is CCOC(=O)C1=C(C)N=c2s/c(=C\c3cc(Br)c(OC)c(Br)c3)c(=O)n2[C@@H]1c1cccs1. The Kier molecular flexibility index (Phi) is 6.85. The lowest BCUT2D eigenvalue weighted by atomic mass is 10.0. The van der Waals surface area contributed by atoms with E-state index in [1.165, 1.54) is 22.7 Å². The summed E-state index contributed by atoms with van der Waals surface area (Å²) in [6.45, 7) is 3.79. The van der Waals surface area contributed by atoms with Gasteiger partial charge in [-0.3, -0.25) is 9.36 Å². The molecule has 0 saturated carbocycles. The maximum Gasteiger partial charge on any atom is 0.338 e. The van der Waals surface area contributed by atoms with Gasteiger partial charge in [-0.2, -0.15) is 0 Å². The maximum atomic E-state index is 13.5. The molecule has 0 unspecified atom stereocenters. The first-order valence-electron chi connectivity index (χ1n) is 9.61. The number of ether oxygens (including phenoxy) is 2. The highest BCUT2D eigenvalue weighted by Gasteiger charge is 2.33. The van der Waals surface area contributed by atoms with Crippen molar-refractivity contribution in [2.75, 3.05) is 13.7 Å². The molecule has 0 N–H and O–H groups in total. The van der Waals surface area contributed by atoms with E-state index in [1.807, 2.05) is 35.7 Å². The highest BCUT2D eigenvalue weighted by molar-refractivity contribution is 9.11. The number of halogens is 2. The van der Waals surface area contributed by atoms with E-state index in [2.05, 4.69) is 36.9 Å². The number of fused-ring (bicyclic) bond motifs is 1. The molecule has 1 aromatic carbocycles. The number of thiophene rings is 1. The summed E-state index contributed by atoms with van der Waals surface area (Å²) in [4.78, 5) is 32.3. The Morgan fingerprint density at radius 2 is 2.03 bits per heavy atom. The molecule has 2 aromatic heterocycles. The molecule has 32 heavy (non-hydrogen) atoms. The summed E-state index contributed by atoms with van der Waals surface area (Å²) in [5, 5.41) is 1.93. The predicted molar refractivity (Wildman–Crippen MR) is 133 cm³/mol. The molecule has 3 heterocycles. The molecule has 10 heteroatoms. The first-order valence-corrected chi connectivity index (χ1v) is 12.9. The lowest BCUT2D eigenvalue weighted by Crippen LogP contribution is -2.39. The molecule has 0 amide bonds. The van der Waals surface area contributed by atoms with E-state index >= 15 is 0 Å². The predicted octanol–water partition coefficient (Wildman–Crippen LogP) is 4.39. The van der Waals surface area contributed by atoms with Crippen LogP contribution in [0.15, 0.2) is 59.6 Å². The van der Waals surface area contributed by atoms with Gasteiger partial charge in [-0.1, -0.05) is 17.4 Å². The summed E-state index contributed by atoms with van der Waals surface area (Å²) in [6, 6.07) is 7.02. The van der Waals surface area contributed by atoms with Gasteiger partial charge in [0.05, 0.1) is 38.5 Å². The van der Waals surface area contributed by atoms with Crippen molar-refractivity contribution in [2.24, 2.45) is 4.99 Å². The second-order valence-electron chi connectivity index (χ2n) is 6.84. The minimum Gasteiger partial charge on any atom is -0.494 e. The van der Waals surface area contributed by atoms with Gasteiger partial charge >= 0.3 is 5.97 Å². The average molecular weight is 598 g/mol. The average Bonchev–Trinajstić information content (AvgIpc) is 3.36. The number of allylic oxidation sites excluding steroid dienone is 1. The molecule has 0 bridgehead atoms. The molecule has 1 aliphatic rings. The molecule has 4 rings (SSSR count). The number of methoxy groups -OCH3 is 1. The largest absolute Gasteiger partial charge is 0.494 e. The van der Waals surface area contributed by atoms with E-state index in [4.69, 9.17) is 9.47 Å². The zero-order chi connectivity index (χ0) is 23.0. The van der Waals surface area contributed by atoms with Crippen molar-refractivity contribution in [3.8, 4) is 5.75 Å². The second kappa shape index (κ2) is 9.46. The van der Waals surface area contributed by atoms with Crippen LogP contribution in [0.2, 0.25) is 0 Å². The molecule has 0 aliphatic carbocycles. The van der Waals surface area contributed by atoms with Crippen LogP contribution in [0.3, 0.4) is 0 Å². The monoisotopic (exact) mass is 596 g/mol. The van der Waals surface area contributed by atoms with Gasteiger partial charge in [-0.25, -0.2) is 9.79 Å². The maximum absolute atomic E-state index is 13.5. The van der Waals surface area contributed by atoms with E-state index in [9.17, 15) is 9.59 Å². The Morgan fingerprint density at radius 3 is 2.62 bits per heavy atom. The standard InChI is InChI=1S/C22H18Br2N2O4S2/c1-4-30-21(28)17-11(2)25-22-26(18(17)15-6-5-7-31-15)20(27)16(32-22)10-12-8-13(23)19(29-3)14(24)9-12/h5-10,18H,4H2,1-3H3/b16-10-/t18-/m1/s1. The second-order valence-corrected chi connectivity index (χ2v) is 10.5. The topological polar surface area (TPSA) is 69.9 Å². The van der Waals surface area contributed by atoms with E-state index < -0.39 is 12.0 Å². The molecule has 166 valence electrons. The number of thiazole rings is 1. The van der Waals surface area contributed by atoms with Crippen LogP contribution in [-0.4, -0.2) is 24.3 Å². The van der Waals surface area contributed by atoms with Gasteiger partial charge in [-0.05, 0) is 80.9 Å². The summed E-state index contributed by atoms with van der Waals surface area (Å²) in [5.41, 5.74) is 1.57. The Hall–Kier alpha value is -2.01. The summed E-state index contributed by atoms with van der Waals surface area (Å²) < 4.78 is 14.3. The number of benzene rings is 1. The van der Waals surface area contributed by atoms with Crippen molar-refractivity contribution in [1.29, 1.82) is 0 Å². The van der Waals surface area contributed by atoms with Gasteiger partial charge in [0.15, 0.2) is 4.80 Å². The number of hydrogen-bond donors (Lipinski definition) is 0. The van der Waals surface area contributed by atoms with Gasteiger partial charge in [-0.15, -0.1) is 11.3 Å². The summed E-state index contributed by atoms with van der Waals surface area (Å²) in [7, 11) is 1.59. The smallest absolute Gasteiger partial charge is 0.338 e. The molecule has 0 saturated heterocycles. The fourth-order valence-corrected chi connectivity index (χ4v) is 6.93. The Balaban J connectivity index is 1.92. The van der Waals surface area contributed by atoms with Crippen molar-refractivity contribution >= 4 is 66.6 Å². The Labute approximate surface area is 208 Å². The normalized spacial score (nSPS) is 16.0. The molecule has 0 radical (unpaired) electrons. The number of rotatable bonds is 5. The fourth-order valence-electron chi connectivity index (χ4n) is 3.52. The van der Waals surface area contributed by atoms with Crippen molar-refractivity contribution in [3.05, 3.63) is 80.0 Å². The minimum absolute atomic E-state index is 0.204. The summed E-state index contributed by atoms with van der Waals surface area (Å²) in [6.07, 6.45) is 1.81. The van der Waals surface area contributed by atoms with Crippen LogP contribution in [0.4, 0.5) is 0 Å². The van der Waals surface area contributed by atoms with Crippen molar-refractivity contribution in [1.82, 2.24) is 4.57 Å². The van der Waals surface area contributed by atoms with Gasteiger partial charge < -0.3 is 9.47 Å². The van der Waals surface area contributed by atoms with Crippen molar-refractivity contribution in [3.63, 3.8) is 0 Å². The first kappa shape index (κ1) is 23.2. The third-order valence-corrected chi connectivity index (χ3v) is 7.94. The van der Waals surface area contributed by atoms with Crippen LogP contribution in [0.5, 0.6) is 5.75 Å². The summed E-state index contributed by atoms with van der Waals surface area (Å²) in [5.74, 6) is 0.223. The number of hydrogen-bond acceptors (Lipinski definition) is 7. The van der Waals surface area contributed by atoms with E-state index in [1.54, 1.807) is 25.5 Å². The molecule has 3 aromatic rings. The molecular formula is C22H18Br2N2O4S2. The number of carbonyl (C=O) groups excluding carboxylic acids is 1. The molecule has 1 atom stereocenters. The minimum atomic E-state index is -0.568. The van der Waals surface area contributed by atoms with Gasteiger partial charge in [0.2, 0.25) is 0 Å². The first-order chi connectivity index (χ1) is 15.3. The molecule has 1 aliphatic heterocycles. The van der Waals surface area contributed by atoms with Crippen LogP contribution in [-0.2, 0) is 9.53 Å². The Bertz CT molecular complexity index is 1380. The van der Waals surface area contributed by atoms with Crippen LogP contribution in [0, 0.1) is 0 Å². The highest BCUT2D eigenvalue weighted by Crippen LogP contribution is 2.35. The van der Waals surface area contributed by atoms with E-state index in [0.29, 0.717) is 26.4 Å². The van der Waals surface area contributed by atoms with E-state index in [-0.39, 0.29) is 12.2 Å². The van der Waals surface area contributed by atoms with Crippen LogP contribution in [0.25, 0.3) is 6.08 Å². The number of carbonyl (C=O) groups is 1. The third kappa shape index (κ3) is 4.16. The van der Waals surface area contributed by atoms with Crippen LogP contribution < -0.4 is 19.6 Å². The zero-order valence-electron chi connectivity index (χ0n) is 17.3. The Morgan fingerprint density at radius 1 is 1.31 bits per heavy atom. The molecule has 6 nitrogen and oxygen atoms in total. The fraction of sp³-hybridized carbons (Fsp3) is 0.227. The quantitative estimate of drug-likeness (QED) is 0.409. The summed E-state index contributed by atoms with van der Waals surface area (Å²) >= 11 is 9.78. The third-order valence-electron chi connectivity index (χ3n) is 4.85. The van der Waals surface area contributed by atoms with Crippen LogP contribution >= 0.6 is 54.5 Å². The molecule has 0 spiro atoms. The van der Waals surface area contributed by atoms with Crippen LogP contribution in [0.1, 0.15) is 30.3 Å². The van der Waals surface area contributed by atoms with Gasteiger partial charge in [0, 0.05) is 4.88 Å². The molecular weight excluding hydrogens is 580 g/mol.